The van der Waals surface area contributed by atoms with E-state index in [2.05, 4.69) is 24.5 Å². The van der Waals surface area contributed by atoms with E-state index in [0.29, 0.717) is 29.6 Å². The minimum absolute atomic E-state index is 0. The number of benzene rings is 1. The topological polar surface area (TPSA) is 61.4 Å². The first-order valence-electron chi connectivity index (χ1n) is 9.44. The number of piperidine rings is 2. The van der Waals surface area contributed by atoms with Gasteiger partial charge >= 0.3 is 0 Å². The summed E-state index contributed by atoms with van der Waals surface area (Å²) >= 11 is 0. The van der Waals surface area contributed by atoms with Crippen LogP contribution in [0.2, 0.25) is 0 Å². The highest BCUT2D eigenvalue weighted by atomic mass is 35.5. The molecule has 5 nitrogen and oxygen atoms in total. The van der Waals surface area contributed by atoms with E-state index >= 15 is 0 Å². The Bertz CT molecular complexity index is 621. The number of hydrogen-bond donors (Lipinski definition) is 2. The maximum atomic E-state index is 13.0. The average Bonchev–Trinajstić information content (AvgIpc) is 2.61. The molecule has 2 aliphatic heterocycles. The number of para-hydroxylation sites is 1. The number of nitrogens with one attached hydrogen (secondary N) is 2. The van der Waals surface area contributed by atoms with Crippen LogP contribution in [0.15, 0.2) is 24.3 Å². The van der Waals surface area contributed by atoms with Crippen LogP contribution in [0.1, 0.15) is 43.5 Å². The summed E-state index contributed by atoms with van der Waals surface area (Å²) in [4.78, 5) is 27.5. The van der Waals surface area contributed by atoms with Gasteiger partial charge in [0, 0.05) is 19.6 Å². The molecule has 0 bridgehead atoms. The van der Waals surface area contributed by atoms with Crippen LogP contribution in [0.5, 0.6) is 0 Å². The standard InChI is InChI=1S/C20H29N3O2.ClH/c1-14-10-15(2)13-23(12-14)20(25)17-7-3-4-8-18(17)22-19(24)16-6-5-9-21-11-16;/h3-4,7-8,14-16,21H,5-6,9-13H2,1-2H3,(H,22,24);1H. The third kappa shape index (κ3) is 4.98. The number of carbonyl (C=O) groups is 2. The highest BCUT2D eigenvalue weighted by Gasteiger charge is 2.28. The Hall–Kier alpha value is -1.59. The predicted octanol–water partition coefficient (Wildman–Crippen LogP) is 3.16. The van der Waals surface area contributed by atoms with Gasteiger partial charge in [-0.15, -0.1) is 12.4 Å². The number of rotatable bonds is 3. The van der Waals surface area contributed by atoms with Crippen LogP contribution in [0.25, 0.3) is 0 Å². The molecule has 3 unspecified atom stereocenters. The summed E-state index contributed by atoms with van der Waals surface area (Å²) < 4.78 is 0. The molecule has 0 saturated carbocycles. The van der Waals surface area contributed by atoms with E-state index in [1.165, 1.54) is 0 Å². The van der Waals surface area contributed by atoms with Crippen LogP contribution in [0, 0.1) is 17.8 Å². The number of halogens is 1. The van der Waals surface area contributed by atoms with Crippen molar-refractivity contribution >= 4 is 29.9 Å². The average molecular weight is 380 g/mol. The summed E-state index contributed by atoms with van der Waals surface area (Å²) in [6, 6.07) is 7.38. The first kappa shape index (κ1) is 20.7. The Morgan fingerprint density at radius 3 is 2.50 bits per heavy atom. The maximum Gasteiger partial charge on any atom is 0.255 e. The number of amides is 2. The molecule has 1 aromatic rings. The Kier molecular flexibility index (Phi) is 7.47. The molecular formula is C20H30ClN3O2. The molecular weight excluding hydrogens is 350 g/mol. The molecule has 2 amide bonds. The number of hydrogen-bond acceptors (Lipinski definition) is 3. The fourth-order valence-electron chi connectivity index (χ4n) is 4.09. The molecule has 1 aromatic carbocycles. The second kappa shape index (κ2) is 9.38. The fraction of sp³-hybridized carbons (Fsp3) is 0.600. The maximum absolute atomic E-state index is 13.0. The van der Waals surface area contributed by atoms with E-state index in [0.717, 1.165) is 38.9 Å². The molecule has 26 heavy (non-hydrogen) atoms. The first-order chi connectivity index (χ1) is 12.0. The molecule has 2 aliphatic rings. The van der Waals surface area contributed by atoms with Crippen molar-refractivity contribution in [2.45, 2.75) is 33.1 Å². The van der Waals surface area contributed by atoms with Crippen molar-refractivity contribution in [3.05, 3.63) is 29.8 Å². The van der Waals surface area contributed by atoms with Gasteiger partial charge in [0.1, 0.15) is 0 Å². The van der Waals surface area contributed by atoms with Crippen LogP contribution >= 0.6 is 12.4 Å². The third-order valence-electron chi connectivity index (χ3n) is 5.24. The van der Waals surface area contributed by atoms with E-state index in [-0.39, 0.29) is 30.1 Å². The molecule has 0 radical (unpaired) electrons. The van der Waals surface area contributed by atoms with Crippen molar-refractivity contribution in [3.8, 4) is 0 Å². The van der Waals surface area contributed by atoms with Crippen LogP contribution < -0.4 is 10.6 Å². The molecule has 0 aromatic heterocycles. The van der Waals surface area contributed by atoms with Gasteiger partial charge in [-0.1, -0.05) is 26.0 Å². The molecule has 3 atom stereocenters. The Balaban J connectivity index is 0.00000243. The monoisotopic (exact) mass is 379 g/mol. The van der Waals surface area contributed by atoms with E-state index in [4.69, 9.17) is 0 Å². The van der Waals surface area contributed by atoms with E-state index in [1.54, 1.807) is 0 Å². The van der Waals surface area contributed by atoms with Crippen molar-refractivity contribution in [2.24, 2.45) is 17.8 Å². The Labute approximate surface area is 162 Å². The lowest BCUT2D eigenvalue weighted by atomic mass is 9.91. The molecule has 3 rings (SSSR count). The number of carbonyl (C=O) groups excluding carboxylic acids is 2. The van der Waals surface area contributed by atoms with Crippen molar-refractivity contribution in [3.63, 3.8) is 0 Å². The van der Waals surface area contributed by atoms with E-state index < -0.39 is 0 Å². The lowest BCUT2D eigenvalue weighted by molar-refractivity contribution is -0.120. The van der Waals surface area contributed by atoms with Crippen molar-refractivity contribution < 1.29 is 9.59 Å². The van der Waals surface area contributed by atoms with Crippen LogP contribution in [0.4, 0.5) is 5.69 Å². The summed E-state index contributed by atoms with van der Waals surface area (Å²) in [6.45, 7) is 7.66. The number of anilines is 1. The largest absolute Gasteiger partial charge is 0.338 e. The predicted molar refractivity (Wildman–Crippen MR) is 107 cm³/mol. The summed E-state index contributed by atoms with van der Waals surface area (Å²) in [5.74, 6) is 1.04. The number of likely N-dealkylation sites (tertiary alicyclic amines) is 1. The summed E-state index contributed by atoms with van der Waals surface area (Å²) in [6.07, 6.45) is 3.08. The van der Waals surface area contributed by atoms with Crippen LogP contribution in [-0.4, -0.2) is 42.9 Å². The lowest BCUT2D eigenvalue weighted by Gasteiger charge is -2.35. The van der Waals surface area contributed by atoms with E-state index in [1.807, 2.05) is 29.2 Å². The van der Waals surface area contributed by atoms with Gasteiger partial charge in [0.05, 0.1) is 17.2 Å². The molecule has 0 aliphatic carbocycles. The highest BCUT2D eigenvalue weighted by Crippen LogP contribution is 2.25. The summed E-state index contributed by atoms with van der Waals surface area (Å²) in [5.41, 5.74) is 1.23. The number of nitrogens with zero attached hydrogens (tertiary/aromatic N) is 1. The zero-order valence-corrected chi connectivity index (χ0v) is 16.5. The third-order valence-corrected chi connectivity index (χ3v) is 5.24. The molecule has 2 saturated heterocycles. The van der Waals surface area contributed by atoms with Crippen LogP contribution in [0.3, 0.4) is 0 Å². The van der Waals surface area contributed by atoms with Crippen molar-refractivity contribution in [1.29, 1.82) is 0 Å². The normalized spacial score (nSPS) is 25.9. The Morgan fingerprint density at radius 2 is 1.85 bits per heavy atom. The summed E-state index contributed by atoms with van der Waals surface area (Å²) in [7, 11) is 0. The van der Waals surface area contributed by atoms with Gasteiger partial charge < -0.3 is 15.5 Å². The molecule has 2 N–H and O–H groups in total. The molecule has 0 spiro atoms. The smallest absolute Gasteiger partial charge is 0.255 e. The minimum atomic E-state index is -0.0214. The Morgan fingerprint density at radius 1 is 1.15 bits per heavy atom. The van der Waals surface area contributed by atoms with Crippen molar-refractivity contribution in [2.75, 3.05) is 31.5 Å². The van der Waals surface area contributed by atoms with Gasteiger partial charge in [0.2, 0.25) is 5.91 Å². The second-order valence-electron chi connectivity index (χ2n) is 7.73. The van der Waals surface area contributed by atoms with Gasteiger partial charge in [-0.05, 0) is 49.8 Å². The quantitative estimate of drug-likeness (QED) is 0.847. The highest BCUT2D eigenvalue weighted by molar-refractivity contribution is 6.04. The second-order valence-corrected chi connectivity index (χ2v) is 7.73. The SMILES string of the molecule is CC1CC(C)CN(C(=O)c2ccccc2NC(=O)C2CCCNC2)C1.Cl. The molecule has 2 fully saturated rings. The van der Waals surface area contributed by atoms with Gasteiger partial charge in [0.25, 0.3) is 5.91 Å². The fourth-order valence-corrected chi connectivity index (χ4v) is 4.09. The first-order valence-corrected chi connectivity index (χ1v) is 9.44. The van der Waals surface area contributed by atoms with Crippen LogP contribution in [-0.2, 0) is 4.79 Å². The molecule has 2 heterocycles. The summed E-state index contributed by atoms with van der Waals surface area (Å²) in [5, 5.41) is 6.26. The zero-order chi connectivity index (χ0) is 17.8. The van der Waals surface area contributed by atoms with Gasteiger partial charge in [-0.3, -0.25) is 9.59 Å². The zero-order valence-electron chi connectivity index (χ0n) is 15.7. The van der Waals surface area contributed by atoms with Gasteiger partial charge in [0.15, 0.2) is 0 Å². The van der Waals surface area contributed by atoms with Gasteiger partial charge in [-0.2, -0.15) is 0 Å². The van der Waals surface area contributed by atoms with Crippen molar-refractivity contribution in [1.82, 2.24) is 10.2 Å². The lowest BCUT2D eigenvalue weighted by Crippen LogP contribution is -2.43. The van der Waals surface area contributed by atoms with Gasteiger partial charge in [-0.25, -0.2) is 0 Å². The molecule has 144 valence electrons. The van der Waals surface area contributed by atoms with E-state index in [9.17, 15) is 9.59 Å². The molecule has 6 heteroatoms. The minimum Gasteiger partial charge on any atom is -0.338 e.